The van der Waals surface area contributed by atoms with Crippen molar-refractivity contribution in [1.29, 1.82) is 0 Å². The normalized spacial score (nSPS) is 9.64. The van der Waals surface area contributed by atoms with Crippen LogP contribution in [0.1, 0.15) is 32.6 Å². The van der Waals surface area contributed by atoms with E-state index in [1.54, 1.807) is 0 Å². The molecule has 0 aliphatic rings. The van der Waals surface area contributed by atoms with Gasteiger partial charge in [-0.1, -0.05) is 6.92 Å². The molecule has 3 nitrogen and oxygen atoms in total. The zero-order valence-corrected chi connectivity index (χ0v) is 7.14. The minimum Gasteiger partial charge on any atom is -0.466 e. The van der Waals surface area contributed by atoms with Gasteiger partial charge in [0.2, 0.25) is 0 Å². The number of nitrogens with two attached hydrogens (primary N) is 1. The quantitative estimate of drug-likeness (QED) is 0.466. The van der Waals surface area contributed by atoms with Gasteiger partial charge in [0.05, 0.1) is 6.61 Å². The SMILES string of the molecule is CCCOC(=O)CCCCN. The summed E-state index contributed by atoms with van der Waals surface area (Å²) in [5.41, 5.74) is 5.26. The molecule has 3 heteroatoms. The standard InChI is InChI=1S/C8H17NO2/c1-2-7-11-8(10)5-3-4-6-9/h2-7,9H2,1H3. The van der Waals surface area contributed by atoms with Gasteiger partial charge in [-0.15, -0.1) is 0 Å². The van der Waals surface area contributed by atoms with Gasteiger partial charge in [0.15, 0.2) is 0 Å². The molecular formula is C8H17NO2. The van der Waals surface area contributed by atoms with E-state index in [0.29, 0.717) is 19.6 Å². The summed E-state index contributed by atoms with van der Waals surface area (Å²) in [6, 6.07) is 0. The van der Waals surface area contributed by atoms with Crippen molar-refractivity contribution < 1.29 is 9.53 Å². The molecule has 0 aliphatic carbocycles. The Bertz CT molecular complexity index is 104. The van der Waals surface area contributed by atoms with Crippen molar-refractivity contribution >= 4 is 5.97 Å². The number of carbonyl (C=O) groups is 1. The molecule has 0 spiro atoms. The van der Waals surface area contributed by atoms with Crippen molar-refractivity contribution in [3.8, 4) is 0 Å². The molecule has 0 heterocycles. The number of ether oxygens (including phenoxy) is 1. The van der Waals surface area contributed by atoms with Crippen molar-refractivity contribution in [2.24, 2.45) is 5.73 Å². The van der Waals surface area contributed by atoms with Gasteiger partial charge in [0.25, 0.3) is 0 Å². The summed E-state index contributed by atoms with van der Waals surface area (Å²) < 4.78 is 4.86. The second-order valence-electron chi connectivity index (χ2n) is 2.47. The Kier molecular flexibility index (Phi) is 7.15. The molecule has 0 aromatic carbocycles. The number of carbonyl (C=O) groups excluding carboxylic acids is 1. The van der Waals surface area contributed by atoms with Gasteiger partial charge >= 0.3 is 5.97 Å². The molecule has 0 aromatic heterocycles. The lowest BCUT2D eigenvalue weighted by Crippen LogP contribution is -2.06. The van der Waals surface area contributed by atoms with E-state index in [4.69, 9.17) is 10.5 Å². The molecule has 0 radical (unpaired) electrons. The highest BCUT2D eigenvalue weighted by atomic mass is 16.5. The highest BCUT2D eigenvalue weighted by Crippen LogP contribution is 1.96. The van der Waals surface area contributed by atoms with Gasteiger partial charge in [-0.3, -0.25) is 4.79 Å². The van der Waals surface area contributed by atoms with Gasteiger partial charge in [0.1, 0.15) is 0 Å². The fourth-order valence-electron chi connectivity index (χ4n) is 0.702. The maximum Gasteiger partial charge on any atom is 0.305 e. The topological polar surface area (TPSA) is 52.3 Å². The fourth-order valence-corrected chi connectivity index (χ4v) is 0.702. The van der Waals surface area contributed by atoms with Gasteiger partial charge < -0.3 is 10.5 Å². The van der Waals surface area contributed by atoms with Crippen LogP contribution >= 0.6 is 0 Å². The van der Waals surface area contributed by atoms with Crippen molar-refractivity contribution in [3.63, 3.8) is 0 Å². The van der Waals surface area contributed by atoms with Gasteiger partial charge in [-0.25, -0.2) is 0 Å². The van der Waals surface area contributed by atoms with Crippen LogP contribution in [0.15, 0.2) is 0 Å². The third-order valence-electron chi connectivity index (χ3n) is 1.30. The van der Waals surface area contributed by atoms with E-state index in [9.17, 15) is 4.79 Å². The molecule has 0 bridgehead atoms. The lowest BCUT2D eigenvalue weighted by Gasteiger charge is -2.01. The molecule has 11 heavy (non-hydrogen) atoms. The number of hydrogen-bond acceptors (Lipinski definition) is 3. The zero-order valence-electron chi connectivity index (χ0n) is 7.14. The lowest BCUT2D eigenvalue weighted by atomic mass is 10.2. The molecule has 0 fully saturated rings. The monoisotopic (exact) mass is 159 g/mol. The Morgan fingerprint density at radius 2 is 2.18 bits per heavy atom. The van der Waals surface area contributed by atoms with Gasteiger partial charge in [-0.2, -0.15) is 0 Å². The number of unbranched alkanes of at least 4 members (excludes halogenated alkanes) is 1. The minimum absolute atomic E-state index is 0.0969. The Labute approximate surface area is 67.9 Å². The van der Waals surface area contributed by atoms with Crippen LogP contribution in [0.5, 0.6) is 0 Å². The van der Waals surface area contributed by atoms with Crippen LogP contribution in [0.2, 0.25) is 0 Å². The van der Waals surface area contributed by atoms with E-state index in [0.717, 1.165) is 19.3 Å². The van der Waals surface area contributed by atoms with Crippen LogP contribution < -0.4 is 5.73 Å². The summed E-state index contributed by atoms with van der Waals surface area (Å²) in [4.78, 5) is 10.8. The van der Waals surface area contributed by atoms with Crippen molar-refractivity contribution in [2.45, 2.75) is 32.6 Å². The van der Waals surface area contributed by atoms with Crippen LogP contribution in [-0.2, 0) is 9.53 Å². The summed E-state index contributed by atoms with van der Waals surface area (Å²) >= 11 is 0. The van der Waals surface area contributed by atoms with Crippen molar-refractivity contribution in [3.05, 3.63) is 0 Å². The first-order chi connectivity index (χ1) is 5.31. The smallest absolute Gasteiger partial charge is 0.305 e. The molecular weight excluding hydrogens is 142 g/mol. The van der Waals surface area contributed by atoms with Crippen LogP contribution in [0, 0.1) is 0 Å². The first-order valence-electron chi connectivity index (χ1n) is 4.17. The molecule has 0 amide bonds. The molecule has 0 aromatic rings. The Balaban J connectivity index is 3.09. The average molecular weight is 159 g/mol. The van der Waals surface area contributed by atoms with Crippen LogP contribution in [0.3, 0.4) is 0 Å². The first kappa shape index (κ1) is 10.4. The largest absolute Gasteiger partial charge is 0.466 e. The summed E-state index contributed by atoms with van der Waals surface area (Å²) in [5.74, 6) is -0.0969. The predicted molar refractivity (Wildman–Crippen MR) is 44.2 cm³/mol. The van der Waals surface area contributed by atoms with Crippen LogP contribution in [-0.4, -0.2) is 19.1 Å². The summed E-state index contributed by atoms with van der Waals surface area (Å²) in [6.07, 6.45) is 3.15. The number of esters is 1. The van der Waals surface area contributed by atoms with E-state index < -0.39 is 0 Å². The van der Waals surface area contributed by atoms with Gasteiger partial charge in [0, 0.05) is 6.42 Å². The predicted octanol–water partition coefficient (Wildman–Crippen LogP) is 1.07. The Morgan fingerprint density at radius 3 is 2.73 bits per heavy atom. The average Bonchev–Trinajstić information content (AvgIpc) is 2.01. The molecule has 66 valence electrons. The third kappa shape index (κ3) is 7.33. The highest BCUT2D eigenvalue weighted by molar-refractivity contribution is 5.69. The second-order valence-corrected chi connectivity index (χ2v) is 2.47. The minimum atomic E-state index is -0.0969. The molecule has 0 atom stereocenters. The van der Waals surface area contributed by atoms with Crippen molar-refractivity contribution in [1.82, 2.24) is 0 Å². The Hall–Kier alpha value is -0.570. The summed E-state index contributed by atoms with van der Waals surface area (Å²) in [5, 5.41) is 0. The maximum atomic E-state index is 10.8. The van der Waals surface area contributed by atoms with E-state index in [1.807, 2.05) is 6.92 Å². The first-order valence-corrected chi connectivity index (χ1v) is 4.17. The molecule has 0 rings (SSSR count). The summed E-state index contributed by atoms with van der Waals surface area (Å²) in [6.45, 7) is 3.18. The maximum absolute atomic E-state index is 10.8. The molecule has 2 N–H and O–H groups in total. The number of hydrogen-bond donors (Lipinski definition) is 1. The molecule has 0 saturated carbocycles. The highest BCUT2D eigenvalue weighted by Gasteiger charge is 1.99. The van der Waals surface area contributed by atoms with Crippen molar-refractivity contribution in [2.75, 3.05) is 13.2 Å². The van der Waals surface area contributed by atoms with Gasteiger partial charge in [-0.05, 0) is 25.8 Å². The van der Waals surface area contributed by atoms with E-state index in [1.165, 1.54) is 0 Å². The molecule has 0 unspecified atom stereocenters. The zero-order chi connectivity index (χ0) is 8.53. The van der Waals surface area contributed by atoms with Crippen LogP contribution in [0.4, 0.5) is 0 Å². The molecule has 0 aliphatic heterocycles. The number of rotatable bonds is 6. The van der Waals surface area contributed by atoms with E-state index >= 15 is 0 Å². The van der Waals surface area contributed by atoms with Crippen LogP contribution in [0.25, 0.3) is 0 Å². The molecule has 0 saturated heterocycles. The third-order valence-corrected chi connectivity index (χ3v) is 1.30. The second kappa shape index (κ2) is 7.54. The Morgan fingerprint density at radius 1 is 1.45 bits per heavy atom. The van der Waals surface area contributed by atoms with E-state index in [2.05, 4.69) is 0 Å². The lowest BCUT2D eigenvalue weighted by molar-refractivity contribution is -0.143. The summed E-state index contributed by atoms with van der Waals surface area (Å²) in [7, 11) is 0. The van der Waals surface area contributed by atoms with E-state index in [-0.39, 0.29) is 5.97 Å². The fraction of sp³-hybridized carbons (Fsp3) is 0.875.